The molecule has 2 heteroatoms. The van der Waals surface area contributed by atoms with Gasteiger partial charge in [-0.05, 0) is 38.5 Å². The number of carbonyl (C=O) groups is 1. The maximum absolute atomic E-state index is 10.2. The van der Waals surface area contributed by atoms with Gasteiger partial charge in [-0.1, -0.05) is 76.2 Å². The van der Waals surface area contributed by atoms with Crippen molar-refractivity contribution in [2.75, 3.05) is 0 Å². The summed E-state index contributed by atoms with van der Waals surface area (Å²) < 4.78 is 0. The highest BCUT2D eigenvalue weighted by Crippen LogP contribution is 2.10. The first-order chi connectivity index (χ1) is 10.3. The Balaban J connectivity index is 3.17. The van der Waals surface area contributed by atoms with Gasteiger partial charge >= 0.3 is 0 Å². The molecule has 2 nitrogen and oxygen atoms in total. The van der Waals surface area contributed by atoms with E-state index in [2.05, 4.69) is 25.2 Å². The van der Waals surface area contributed by atoms with Gasteiger partial charge in [-0.15, -0.1) is 0 Å². The first-order valence-electron chi connectivity index (χ1n) is 8.77. The molecule has 0 aliphatic rings. The quantitative estimate of drug-likeness (QED) is 0.317. The number of carbonyl (C=O) groups excluding carboxylic acids is 1. The fraction of sp³-hybridized carbons (Fsp3) is 0.737. The van der Waals surface area contributed by atoms with Crippen molar-refractivity contribution in [3.05, 3.63) is 24.3 Å². The number of unbranched alkanes of at least 4 members (excludes halogenated alkanes) is 9. The average molecular weight is 293 g/mol. The van der Waals surface area contributed by atoms with Crippen LogP contribution in [-0.2, 0) is 4.79 Å². The maximum Gasteiger partial charge on any atom is 0.0417 e. The minimum Gasteiger partial charge on any atom is -0.550 e. The molecule has 0 aliphatic carbocycles. The predicted octanol–water partition coefficient (Wildman–Crippen LogP) is 4.94. The van der Waals surface area contributed by atoms with E-state index >= 15 is 0 Å². The van der Waals surface area contributed by atoms with Crippen molar-refractivity contribution in [3.63, 3.8) is 0 Å². The molecule has 0 aromatic heterocycles. The van der Waals surface area contributed by atoms with Crippen molar-refractivity contribution in [2.45, 2.75) is 90.4 Å². The lowest BCUT2D eigenvalue weighted by Crippen LogP contribution is -2.21. The number of aliphatic carboxylic acids is 1. The van der Waals surface area contributed by atoms with Crippen LogP contribution in [0.5, 0.6) is 0 Å². The Morgan fingerprint density at radius 2 is 1.19 bits per heavy atom. The standard InChI is InChI=1S/C19H34O2/c1-2-3-4-5-6-7-8-9-10-11-12-13-14-15-16-17-18-19(20)21/h11-12,15-16H,2-10,13-14,17-18H2,1H3,(H,20,21)/p-1/b12-11+,16-15+. The van der Waals surface area contributed by atoms with Crippen LogP contribution >= 0.6 is 0 Å². The van der Waals surface area contributed by atoms with E-state index in [1.807, 2.05) is 6.08 Å². The molecule has 0 radical (unpaired) electrons. The number of hydrogen-bond acceptors (Lipinski definition) is 2. The van der Waals surface area contributed by atoms with Crippen molar-refractivity contribution >= 4 is 5.97 Å². The second-order valence-corrected chi connectivity index (χ2v) is 5.69. The number of allylic oxidation sites excluding steroid dienone is 4. The molecule has 0 N–H and O–H groups in total. The molecule has 0 rings (SSSR count). The van der Waals surface area contributed by atoms with E-state index < -0.39 is 5.97 Å². The van der Waals surface area contributed by atoms with Gasteiger partial charge in [0, 0.05) is 5.97 Å². The summed E-state index contributed by atoms with van der Waals surface area (Å²) in [6.45, 7) is 2.26. The summed E-state index contributed by atoms with van der Waals surface area (Å²) in [4.78, 5) is 10.2. The zero-order valence-electron chi connectivity index (χ0n) is 13.8. The van der Waals surface area contributed by atoms with E-state index in [1.165, 1.54) is 57.8 Å². The van der Waals surface area contributed by atoms with Gasteiger partial charge < -0.3 is 9.90 Å². The summed E-state index contributed by atoms with van der Waals surface area (Å²) in [6.07, 6.45) is 23.5. The minimum atomic E-state index is -0.968. The molecule has 0 heterocycles. The Bertz CT molecular complexity index is 279. The van der Waals surface area contributed by atoms with Gasteiger partial charge in [0.25, 0.3) is 0 Å². The third-order valence-electron chi connectivity index (χ3n) is 3.57. The second-order valence-electron chi connectivity index (χ2n) is 5.69. The van der Waals surface area contributed by atoms with Gasteiger partial charge in [-0.3, -0.25) is 0 Å². The number of carboxylic acid groups (broad SMARTS) is 1. The third-order valence-corrected chi connectivity index (χ3v) is 3.57. The van der Waals surface area contributed by atoms with Gasteiger partial charge in [-0.25, -0.2) is 0 Å². The Morgan fingerprint density at radius 3 is 1.76 bits per heavy atom. The van der Waals surface area contributed by atoms with E-state index in [0.717, 1.165) is 12.8 Å². The number of rotatable bonds is 15. The lowest BCUT2D eigenvalue weighted by molar-refractivity contribution is -0.305. The first kappa shape index (κ1) is 19.9. The van der Waals surface area contributed by atoms with Gasteiger partial charge in [0.05, 0.1) is 0 Å². The molecular formula is C19H33O2-. The normalized spacial score (nSPS) is 11.7. The molecule has 0 saturated carbocycles. The first-order valence-corrected chi connectivity index (χ1v) is 8.77. The molecule has 21 heavy (non-hydrogen) atoms. The Kier molecular flexibility index (Phi) is 16.2. The van der Waals surface area contributed by atoms with E-state index in [-0.39, 0.29) is 6.42 Å². The van der Waals surface area contributed by atoms with Crippen LogP contribution < -0.4 is 5.11 Å². The summed E-state index contributed by atoms with van der Waals surface area (Å²) >= 11 is 0. The molecule has 0 unspecified atom stereocenters. The van der Waals surface area contributed by atoms with Crippen LogP contribution in [0.25, 0.3) is 0 Å². The van der Waals surface area contributed by atoms with Crippen LogP contribution in [0.4, 0.5) is 0 Å². The number of hydrogen-bond donors (Lipinski definition) is 0. The summed E-state index contributed by atoms with van der Waals surface area (Å²) in [6, 6.07) is 0. The monoisotopic (exact) mass is 293 g/mol. The van der Waals surface area contributed by atoms with Crippen molar-refractivity contribution in [1.82, 2.24) is 0 Å². The second kappa shape index (κ2) is 17.0. The Morgan fingerprint density at radius 1 is 0.714 bits per heavy atom. The van der Waals surface area contributed by atoms with E-state index in [0.29, 0.717) is 6.42 Å². The van der Waals surface area contributed by atoms with E-state index in [4.69, 9.17) is 0 Å². The lowest BCUT2D eigenvalue weighted by atomic mass is 10.1. The summed E-state index contributed by atoms with van der Waals surface area (Å²) in [7, 11) is 0. The van der Waals surface area contributed by atoms with Crippen molar-refractivity contribution in [3.8, 4) is 0 Å². The summed E-state index contributed by atoms with van der Waals surface area (Å²) in [5, 5.41) is 10.2. The third kappa shape index (κ3) is 18.9. The molecule has 0 aliphatic heterocycles. The highest BCUT2D eigenvalue weighted by molar-refractivity contribution is 5.64. The topological polar surface area (TPSA) is 40.1 Å². The van der Waals surface area contributed by atoms with Crippen LogP contribution in [-0.4, -0.2) is 5.97 Å². The molecule has 0 bridgehead atoms. The maximum atomic E-state index is 10.2. The average Bonchev–Trinajstić information content (AvgIpc) is 2.46. The van der Waals surface area contributed by atoms with Gasteiger partial charge in [0.15, 0.2) is 0 Å². The molecule has 0 saturated heterocycles. The highest BCUT2D eigenvalue weighted by Gasteiger charge is 1.90. The SMILES string of the molecule is CCCCCCCCCC/C=C/CC/C=C/CCC(=O)[O-]. The van der Waals surface area contributed by atoms with E-state index in [9.17, 15) is 9.90 Å². The Labute approximate surface area is 131 Å². The fourth-order valence-corrected chi connectivity index (χ4v) is 2.26. The molecule has 0 spiro atoms. The molecule has 0 fully saturated rings. The van der Waals surface area contributed by atoms with Crippen LogP contribution in [0.3, 0.4) is 0 Å². The zero-order chi connectivity index (χ0) is 15.6. The molecule has 0 aromatic rings. The predicted molar refractivity (Wildman–Crippen MR) is 89.0 cm³/mol. The van der Waals surface area contributed by atoms with Crippen LogP contribution in [0.1, 0.15) is 90.4 Å². The van der Waals surface area contributed by atoms with Crippen LogP contribution in [0.2, 0.25) is 0 Å². The van der Waals surface area contributed by atoms with Crippen LogP contribution in [0, 0.1) is 0 Å². The Hall–Kier alpha value is -1.05. The van der Waals surface area contributed by atoms with Gasteiger partial charge in [0.2, 0.25) is 0 Å². The molecule has 0 amide bonds. The van der Waals surface area contributed by atoms with Crippen molar-refractivity contribution in [1.29, 1.82) is 0 Å². The molecule has 0 atom stereocenters. The minimum absolute atomic E-state index is 0.130. The van der Waals surface area contributed by atoms with Crippen molar-refractivity contribution < 1.29 is 9.90 Å². The van der Waals surface area contributed by atoms with E-state index in [1.54, 1.807) is 0 Å². The molecular weight excluding hydrogens is 260 g/mol. The van der Waals surface area contributed by atoms with Gasteiger partial charge in [0.1, 0.15) is 0 Å². The van der Waals surface area contributed by atoms with Crippen molar-refractivity contribution in [2.24, 2.45) is 0 Å². The largest absolute Gasteiger partial charge is 0.550 e. The number of carboxylic acids is 1. The van der Waals surface area contributed by atoms with Gasteiger partial charge in [-0.2, -0.15) is 0 Å². The van der Waals surface area contributed by atoms with Crippen LogP contribution in [0.15, 0.2) is 24.3 Å². The zero-order valence-corrected chi connectivity index (χ0v) is 13.8. The molecule has 0 aromatic carbocycles. The highest BCUT2D eigenvalue weighted by atomic mass is 16.4. The fourth-order valence-electron chi connectivity index (χ4n) is 2.26. The summed E-state index contributed by atoms with van der Waals surface area (Å²) in [5.41, 5.74) is 0. The lowest BCUT2D eigenvalue weighted by Gasteiger charge is -1.99. The smallest absolute Gasteiger partial charge is 0.0417 e. The molecule has 122 valence electrons. The summed E-state index contributed by atoms with van der Waals surface area (Å²) in [5.74, 6) is -0.968.